The Morgan fingerprint density at radius 1 is 1.36 bits per heavy atom. The maximum Gasteiger partial charge on any atom is 0.191 e. The first-order chi connectivity index (χ1) is 13.6. The van der Waals surface area contributed by atoms with Crippen LogP contribution in [0.5, 0.6) is 0 Å². The summed E-state index contributed by atoms with van der Waals surface area (Å²) < 4.78 is 10.1. The van der Waals surface area contributed by atoms with Gasteiger partial charge in [0.2, 0.25) is 0 Å². The van der Waals surface area contributed by atoms with Crippen molar-refractivity contribution in [1.29, 1.82) is 0 Å². The number of pyridine rings is 1. The molecule has 1 aliphatic rings. The zero-order valence-electron chi connectivity index (χ0n) is 15.9. The van der Waals surface area contributed by atoms with Gasteiger partial charge >= 0.3 is 0 Å². The third kappa shape index (κ3) is 4.17. The van der Waals surface area contributed by atoms with Crippen molar-refractivity contribution in [3.8, 4) is 0 Å². The second kappa shape index (κ2) is 8.27. The Bertz CT molecular complexity index is 995. The molecule has 0 bridgehead atoms. The van der Waals surface area contributed by atoms with Crippen molar-refractivity contribution in [3.63, 3.8) is 0 Å². The molecule has 0 saturated carbocycles. The molecular weight excluding hydrogens is 424 g/mol. The SMILES string of the molecule is CN=C(NCc1cn2cc(Br)ccc2n1)NC1CCc2nc(COC)nn2C1. The van der Waals surface area contributed by atoms with Crippen LogP contribution >= 0.6 is 15.9 Å². The molecular formula is C18H23BrN8O. The molecule has 1 unspecified atom stereocenters. The zero-order valence-corrected chi connectivity index (χ0v) is 17.5. The summed E-state index contributed by atoms with van der Waals surface area (Å²) >= 11 is 3.48. The molecule has 0 aromatic carbocycles. The van der Waals surface area contributed by atoms with Gasteiger partial charge in [0.05, 0.1) is 18.8 Å². The van der Waals surface area contributed by atoms with Gasteiger partial charge in [0.1, 0.15) is 18.1 Å². The van der Waals surface area contributed by atoms with Crippen LogP contribution in [0.3, 0.4) is 0 Å². The van der Waals surface area contributed by atoms with Crippen LogP contribution in [0.1, 0.15) is 23.8 Å². The lowest BCUT2D eigenvalue weighted by Crippen LogP contribution is -2.46. The van der Waals surface area contributed by atoms with E-state index >= 15 is 0 Å². The lowest BCUT2D eigenvalue weighted by molar-refractivity contribution is 0.177. The van der Waals surface area contributed by atoms with E-state index in [4.69, 9.17) is 4.74 Å². The number of hydrogen-bond acceptors (Lipinski definition) is 5. The Balaban J connectivity index is 1.35. The van der Waals surface area contributed by atoms with Crippen LogP contribution in [-0.2, 0) is 30.9 Å². The fourth-order valence-corrected chi connectivity index (χ4v) is 3.69. The molecule has 1 atom stereocenters. The first-order valence-electron chi connectivity index (χ1n) is 9.16. The van der Waals surface area contributed by atoms with Gasteiger partial charge in [-0.25, -0.2) is 14.6 Å². The molecule has 4 heterocycles. The minimum Gasteiger partial charge on any atom is -0.377 e. The maximum absolute atomic E-state index is 5.12. The van der Waals surface area contributed by atoms with E-state index in [1.807, 2.05) is 33.6 Å². The zero-order chi connectivity index (χ0) is 19.5. The molecule has 4 rings (SSSR count). The van der Waals surface area contributed by atoms with Crippen molar-refractivity contribution in [2.75, 3.05) is 14.2 Å². The van der Waals surface area contributed by atoms with Gasteiger partial charge in [0, 0.05) is 43.5 Å². The van der Waals surface area contributed by atoms with Crippen LogP contribution in [0.4, 0.5) is 0 Å². The third-order valence-electron chi connectivity index (χ3n) is 4.64. The first kappa shape index (κ1) is 18.9. The summed E-state index contributed by atoms with van der Waals surface area (Å²) in [5.74, 6) is 2.51. The Kier molecular flexibility index (Phi) is 5.58. The highest BCUT2D eigenvalue weighted by Crippen LogP contribution is 2.14. The molecule has 3 aromatic heterocycles. The average Bonchev–Trinajstić information content (AvgIpc) is 3.27. The van der Waals surface area contributed by atoms with Gasteiger partial charge < -0.3 is 19.8 Å². The topological polar surface area (TPSA) is 93.7 Å². The molecule has 28 heavy (non-hydrogen) atoms. The number of hydrogen-bond donors (Lipinski definition) is 2. The van der Waals surface area contributed by atoms with E-state index in [1.165, 1.54) is 0 Å². The smallest absolute Gasteiger partial charge is 0.191 e. The second-order valence-electron chi connectivity index (χ2n) is 6.71. The number of rotatable bonds is 5. The monoisotopic (exact) mass is 446 g/mol. The molecule has 10 heteroatoms. The summed E-state index contributed by atoms with van der Waals surface area (Å²) in [6, 6.07) is 4.21. The van der Waals surface area contributed by atoms with Crippen LogP contribution in [0.2, 0.25) is 0 Å². The number of guanidine groups is 1. The summed E-state index contributed by atoms with van der Waals surface area (Å²) in [5.41, 5.74) is 1.87. The lowest BCUT2D eigenvalue weighted by Gasteiger charge is -2.25. The van der Waals surface area contributed by atoms with E-state index < -0.39 is 0 Å². The number of aromatic nitrogens is 5. The number of imidazole rings is 1. The summed E-state index contributed by atoms with van der Waals surface area (Å²) in [4.78, 5) is 13.5. The summed E-state index contributed by atoms with van der Waals surface area (Å²) in [5, 5.41) is 11.3. The van der Waals surface area contributed by atoms with E-state index in [9.17, 15) is 0 Å². The van der Waals surface area contributed by atoms with Crippen molar-refractivity contribution < 1.29 is 4.74 Å². The number of fused-ring (bicyclic) bond motifs is 2. The lowest BCUT2D eigenvalue weighted by atomic mass is 10.1. The van der Waals surface area contributed by atoms with Gasteiger partial charge in [-0.3, -0.25) is 4.99 Å². The fraction of sp³-hybridized carbons (Fsp3) is 0.444. The molecule has 0 radical (unpaired) electrons. The average molecular weight is 447 g/mol. The number of halogens is 1. The molecule has 1 aliphatic heterocycles. The predicted octanol–water partition coefficient (Wildman–Crippen LogP) is 1.51. The van der Waals surface area contributed by atoms with E-state index in [-0.39, 0.29) is 6.04 Å². The summed E-state index contributed by atoms with van der Waals surface area (Å²) in [6.07, 6.45) is 5.87. The van der Waals surface area contributed by atoms with Crippen LogP contribution < -0.4 is 10.6 Å². The van der Waals surface area contributed by atoms with Crippen molar-refractivity contribution >= 4 is 27.5 Å². The van der Waals surface area contributed by atoms with Gasteiger partial charge in [-0.2, -0.15) is 5.10 Å². The highest BCUT2D eigenvalue weighted by atomic mass is 79.9. The third-order valence-corrected chi connectivity index (χ3v) is 5.11. The predicted molar refractivity (Wildman–Crippen MR) is 109 cm³/mol. The summed E-state index contributed by atoms with van der Waals surface area (Å²) in [6.45, 7) is 1.80. The summed E-state index contributed by atoms with van der Waals surface area (Å²) in [7, 11) is 3.43. The number of methoxy groups -OCH3 is 1. The first-order valence-corrected chi connectivity index (χ1v) is 9.96. The van der Waals surface area contributed by atoms with Crippen molar-refractivity contribution in [3.05, 3.63) is 46.3 Å². The van der Waals surface area contributed by atoms with E-state index in [2.05, 4.69) is 46.6 Å². The minimum absolute atomic E-state index is 0.243. The van der Waals surface area contributed by atoms with Gasteiger partial charge in [0.25, 0.3) is 0 Å². The maximum atomic E-state index is 5.12. The largest absolute Gasteiger partial charge is 0.377 e. The molecule has 3 aromatic rings. The van der Waals surface area contributed by atoms with Crippen molar-refractivity contribution in [1.82, 2.24) is 34.8 Å². The molecule has 2 N–H and O–H groups in total. The van der Waals surface area contributed by atoms with Crippen molar-refractivity contribution in [2.45, 2.75) is 38.6 Å². The van der Waals surface area contributed by atoms with Gasteiger partial charge in [-0.05, 0) is 34.5 Å². The van der Waals surface area contributed by atoms with Crippen LogP contribution in [0.25, 0.3) is 5.65 Å². The number of nitrogens with one attached hydrogen (secondary N) is 2. The van der Waals surface area contributed by atoms with E-state index in [0.717, 1.165) is 52.8 Å². The Morgan fingerprint density at radius 3 is 3.07 bits per heavy atom. The van der Waals surface area contributed by atoms with Gasteiger partial charge in [-0.15, -0.1) is 0 Å². The quantitative estimate of drug-likeness (QED) is 0.455. The van der Waals surface area contributed by atoms with Crippen LogP contribution in [-0.4, -0.2) is 50.3 Å². The minimum atomic E-state index is 0.243. The van der Waals surface area contributed by atoms with E-state index in [1.54, 1.807) is 14.2 Å². The molecule has 0 fully saturated rings. The highest BCUT2D eigenvalue weighted by Gasteiger charge is 2.22. The molecule has 0 amide bonds. The fourth-order valence-electron chi connectivity index (χ4n) is 3.33. The number of aryl methyl sites for hydroxylation is 1. The Labute approximate surface area is 171 Å². The van der Waals surface area contributed by atoms with Crippen LogP contribution in [0.15, 0.2) is 34.0 Å². The number of ether oxygens (including phenoxy) is 1. The molecule has 0 saturated heterocycles. The van der Waals surface area contributed by atoms with Crippen LogP contribution in [0, 0.1) is 0 Å². The number of aliphatic imine (C=N–C) groups is 1. The highest BCUT2D eigenvalue weighted by molar-refractivity contribution is 9.10. The molecule has 148 valence electrons. The van der Waals surface area contributed by atoms with Gasteiger partial charge in [0.15, 0.2) is 11.8 Å². The van der Waals surface area contributed by atoms with E-state index in [0.29, 0.717) is 13.2 Å². The molecule has 9 nitrogen and oxygen atoms in total. The number of nitrogens with zero attached hydrogens (tertiary/aromatic N) is 6. The Hall–Kier alpha value is -2.46. The Morgan fingerprint density at radius 2 is 2.25 bits per heavy atom. The second-order valence-corrected chi connectivity index (χ2v) is 7.63. The standard InChI is InChI=1S/C18H23BrN8O/c1-20-18(21-7-14-9-26-8-12(19)3-5-16(26)22-14)23-13-4-6-17-24-15(11-28-2)25-27(17)10-13/h3,5,8-9,13H,4,6-7,10-11H2,1-2H3,(H2,20,21,23). The molecule has 0 aliphatic carbocycles. The normalized spacial score (nSPS) is 17.0. The molecule has 0 spiro atoms. The van der Waals surface area contributed by atoms with Crippen molar-refractivity contribution in [2.24, 2.45) is 4.99 Å². The van der Waals surface area contributed by atoms with Gasteiger partial charge in [-0.1, -0.05) is 0 Å².